The third-order valence-corrected chi connectivity index (χ3v) is 3.89. The van der Waals surface area contributed by atoms with Gasteiger partial charge in [0, 0.05) is 17.9 Å². The van der Waals surface area contributed by atoms with E-state index in [0.29, 0.717) is 5.92 Å². The summed E-state index contributed by atoms with van der Waals surface area (Å²) in [7, 11) is 1.46. The smallest absolute Gasteiger partial charge is 0.328 e. The molecule has 4 nitrogen and oxygen atoms in total. The molecule has 1 aromatic rings. The molecule has 4 heteroatoms. The van der Waals surface area contributed by atoms with Crippen LogP contribution in [0.15, 0.2) is 12.3 Å². The Labute approximate surface area is 114 Å². The zero-order valence-electron chi connectivity index (χ0n) is 12.1. The lowest BCUT2D eigenvalue weighted by molar-refractivity contribution is -0.145. The maximum atomic E-state index is 12.0. The fourth-order valence-electron chi connectivity index (χ4n) is 2.95. The number of hydrogen-bond donors (Lipinski definition) is 1. The Hall–Kier alpha value is -1.29. The first-order valence-electron chi connectivity index (χ1n) is 7.07. The van der Waals surface area contributed by atoms with Crippen molar-refractivity contribution in [1.82, 2.24) is 4.57 Å². The Kier molecular flexibility index (Phi) is 4.30. The quantitative estimate of drug-likeness (QED) is 0.850. The second kappa shape index (κ2) is 5.78. The molecule has 0 fully saturated rings. The number of fused-ring (bicyclic) bond motifs is 1. The lowest BCUT2D eigenvalue weighted by Gasteiger charge is -2.25. The average Bonchev–Trinajstić information content (AvgIpc) is 2.80. The standard InChI is InChI=1S/C15H24N2O2/c1-10(2)9-14(15(18)19-3)17-8-7-11-12(16)5-4-6-13(11)17/h7-8,10,12,14H,4-6,9,16H2,1-3H3. The topological polar surface area (TPSA) is 57.2 Å². The highest BCUT2D eigenvalue weighted by Crippen LogP contribution is 2.32. The molecule has 1 heterocycles. The van der Waals surface area contributed by atoms with Crippen molar-refractivity contribution in [3.8, 4) is 0 Å². The van der Waals surface area contributed by atoms with E-state index in [-0.39, 0.29) is 18.1 Å². The minimum absolute atomic E-state index is 0.113. The van der Waals surface area contributed by atoms with Crippen molar-refractivity contribution in [2.75, 3.05) is 7.11 Å². The van der Waals surface area contributed by atoms with Gasteiger partial charge in [-0.2, -0.15) is 0 Å². The third kappa shape index (κ3) is 2.84. The zero-order chi connectivity index (χ0) is 14.0. The van der Waals surface area contributed by atoms with Gasteiger partial charge in [0.2, 0.25) is 0 Å². The number of aromatic nitrogens is 1. The summed E-state index contributed by atoms with van der Waals surface area (Å²) in [6.07, 6.45) is 5.92. The van der Waals surface area contributed by atoms with E-state index in [1.807, 2.05) is 6.20 Å². The highest BCUT2D eigenvalue weighted by atomic mass is 16.5. The molecule has 2 unspecified atom stereocenters. The number of ether oxygens (including phenoxy) is 1. The van der Waals surface area contributed by atoms with Crippen LogP contribution in [0.1, 0.15) is 56.5 Å². The molecule has 0 saturated carbocycles. The largest absolute Gasteiger partial charge is 0.467 e. The first-order chi connectivity index (χ1) is 9.04. The van der Waals surface area contributed by atoms with Crippen LogP contribution >= 0.6 is 0 Å². The summed E-state index contributed by atoms with van der Waals surface area (Å²) in [5, 5.41) is 0. The Morgan fingerprint density at radius 2 is 2.32 bits per heavy atom. The summed E-state index contributed by atoms with van der Waals surface area (Å²) < 4.78 is 7.05. The van der Waals surface area contributed by atoms with E-state index in [9.17, 15) is 4.79 Å². The number of nitrogens with zero attached hydrogens (tertiary/aromatic N) is 1. The second-order valence-corrected chi connectivity index (χ2v) is 5.79. The van der Waals surface area contributed by atoms with Crippen LogP contribution in [0.25, 0.3) is 0 Å². The van der Waals surface area contributed by atoms with E-state index in [4.69, 9.17) is 10.5 Å². The molecular weight excluding hydrogens is 240 g/mol. The van der Waals surface area contributed by atoms with Crippen molar-refractivity contribution < 1.29 is 9.53 Å². The lowest BCUT2D eigenvalue weighted by atomic mass is 9.93. The predicted molar refractivity (Wildman–Crippen MR) is 74.8 cm³/mol. The molecule has 0 aromatic carbocycles. The fraction of sp³-hybridized carbons (Fsp3) is 0.667. The highest BCUT2D eigenvalue weighted by Gasteiger charge is 2.28. The summed E-state index contributed by atoms with van der Waals surface area (Å²) in [6, 6.07) is 1.96. The van der Waals surface area contributed by atoms with Crippen LogP contribution in [-0.4, -0.2) is 17.6 Å². The van der Waals surface area contributed by atoms with Crippen molar-refractivity contribution in [2.24, 2.45) is 11.7 Å². The molecule has 0 bridgehead atoms. The summed E-state index contributed by atoms with van der Waals surface area (Å²) >= 11 is 0. The van der Waals surface area contributed by atoms with Gasteiger partial charge in [0.25, 0.3) is 0 Å². The van der Waals surface area contributed by atoms with Gasteiger partial charge in [-0.15, -0.1) is 0 Å². The van der Waals surface area contributed by atoms with Crippen molar-refractivity contribution in [3.05, 3.63) is 23.5 Å². The molecule has 1 aliphatic carbocycles. The molecule has 0 saturated heterocycles. The number of hydrogen-bond acceptors (Lipinski definition) is 3. The van der Waals surface area contributed by atoms with Gasteiger partial charge in [-0.3, -0.25) is 0 Å². The number of rotatable bonds is 4. The van der Waals surface area contributed by atoms with Gasteiger partial charge in [-0.1, -0.05) is 13.8 Å². The average molecular weight is 264 g/mol. The third-order valence-electron chi connectivity index (χ3n) is 3.89. The predicted octanol–water partition coefficient (Wildman–Crippen LogP) is 2.58. The molecule has 1 aromatic heterocycles. The molecular formula is C15H24N2O2. The first kappa shape index (κ1) is 14.1. The molecule has 19 heavy (non-hydrogen) atoms. The summed E-state index contributed by atoms with van der Waals surface area (Å²) in [4.78, 5) is 12.0. The molecule has 2 N–H and O–H groups in total. The van der Waals surface area contributed by atoms with Crippen molar-refractivity contribution in [3.63, 3.8) is 0 Å². The molecule has 0 radical (unpaired) electrons. The number of nitrogens with two attached hydrogens (primary N) is 1. The summed E-state index contributed by atoms with van der Waals surface area (Å²) in [5.41, 5.74) is 8.56. The maximum absolute atomic E-state index is 12.0. The van der Waals surface area contributed by atoms with Crippen molar-refractivity contribution in [1.29, 1.82) is 0 Å². The Morgan fingerprint density at radius 1 is 1.58 bits per heavy atom. The minimum atomic E-state index is -0.223. The normalized spacial score (nSPS) is 20.2. The van der Waals surface area contributed by atoms with E-state index in [0.717, 1.165) is 25.7 Å². The van der Waals surface area contributed by atoms with Crippen LogP contribution in [0, 0.1) is 5.92 Å². The highest BCUT2D eigenvalue weighted by molar-refractivity contribution is 5.74. The number of carbonyl (C=O) groups excluding carboxylic acids is 1. The van der Waals surface area contributed by atoms with Crippen LogP contribution in [0.5, 0.6) is 0 Å². The molecule has 2 atom stereocenters. The Bertz CT molecular complexity index is 451. The Balaban J connectivity index is 2.34. The first-order valence-corrected chi connectivity index (χ1v) is 7.07. The summed E-state index contributed by atoms with van der Waals surface area (Å²) in [5.74, 6) is 0.283. The van der Waals surface area contributed by atoms with Gasteiger partial charge in [-0.05, 0) is 43.2 Å². The monoisotopic (exact) mass is 264 g/mol. The molecule has 0 amide bonds. The lowest BCUT2D eigenvalue weighted by Crippen LogP contribution is -2.26. The van der Waals surface area contributed by atoms with E-state index in [1.54, 1.807) is 0 Å². The van der Waals surface area contributed by atoms with Gasteiger partial charge < -0.3 is 15.0 Å². The zero-order valence-corrected chi connectivity index (χ0v) is 12.1. The van der Waals surface area contributed by atoms with E-state index >= 15 is 0 Å². The van der Waals surface area contributed by atoms with Gasteiger partial charge in [0.15, 0.2) is 0 Å². The van der Waals surface area contributed by atoms with Crippen molar-refractivity contribution in [2.45, 2.75) is 51.6 Å². The maximum Gasteiger partial charge on any atom is 0.328 e. The van der Waals surface area contributed by atoms with Gasteiger partial charge in [0.1, 0.15) is 6.04 Å². The van der Waals surface area contributed by atoms with Crippen LogP contribution in [0.4, 0.5) is 0 Å². The SMILES string of the molecule is COC(=O)C(CC(C)C)n1ccc2c1CCCC2N. The van der Waals surface area contributed by atoms with Gasteiger partial charge in [0.05, 0.1) is 7.11 Å². The van der Waals surface area contributed by atoms with Crippen LogP contribution < -0.4 is 5.73 Å². The van der Waals surface area contributed by atoms with Crippen LogP contribution in [0.2, 0.25) is 0 Å². The molecule has 1 aliphatic rings. The molecule has 0 aliphatic heterocycles. The number of carbonyl (C=O) groups is 1. The Morgan fingerprint density at radius 3 is 2.95 bits per heavy atom. The molecule has 2 rings (SSSR count). The number of esters is 1. The van der Waals surface area contributed by atoms with Crippen molar-refractivity contribution >= 4 is 5.97 Å². The second-order valence-electron chi connectivity index (χ2n) is 5.79. The molecule has 0 spiro atoms. The van der Waals surface area contributed by atoms with E-state index in [2.05, 4.69) is 24.5 Å². The number of methoxy groups -OCH3 is 1. The fourth-order valence-corrected chi connectivity index (χ4v) is 2.95. The minimum Gasteiger partial charge on any atom is -0.467 e. The summed E-state index contributed by atoms with van der Waals surface area (Å²) in [6.45, 7) is 4.25. The van der Waals surface area contributed by atoms with E-state index in [1.165, 1.54) is 18.4 Å². The van der Waals surface area contributed by atoms with E-state index < -0.39 is 0 Å². The van der Waals surface area contributed by atoms with Crippen LogP contribution in [-0.2, 0) is 16.0 Å². The van der Waals surface area contributed by atoms with Gasteiger partial charge in [-0.25, -0.2) is 4.79 Å². The molecule has 106 valence electrons. The van der Waals surface area contributed by atoms with Crippen LogP contribution in [0.3, 0.4) is 0 Å². The van der Waals surface area contributed by atoms with Gasteiger partial charge >= 0.3 is 5.97 Å².